The van der Waals surface area contributed by atoms with Gasteiger partial charge in [0.25, 0.3) is 0 Å². The predicted molar refractivity (Wildman–Crippen MR) is 114 cm³/mol. The number of hydrogen-bond donors (Lipinski definition) is 1. The van der Waals surface area contributed by atoms with Crippen LogP contribution >= 0.6 is 0 Å². The van der Waals surface area contributed by atoms with E-state index in [1.807, 2.05) is 52.0 Å². The van der Waals surface area contributed by atoms with Crippen molar-refractivity contribution in [1.29, 1.82) is 0 Å². The number of anilines is 2. The van der Waals surface area contributed by atoms with Crippen LogP contribution in [-0.4, -0.2) is 36.6 Å². The highest BCUT2D eigenvalue weighted by Crippen LogP contribution is 2.35. The molecular formula is C21H26N4O4S. The van der Waals surface area contributed by atoms with Crippen molar-refractivity contribution in [2.45, 2.75) is 51.2 Å². The molecule has 2 aliphatic heterocycles. The lowest BCUT2D eigenvalue weighted by Crippen LogP contribution is -2.31. The van der Waals surface area contributed by atoms with Gasteiger partial charge in [0.1, 0.15) is 5.82 Å². The maximum absolute atomic E-state index is 13.0. The molecule has 2 aliphatic rings. The molecule has 9 heteroatoms. The van der Waals surface area contributed by atoms with Crippen LogP contribution in [0.1, 0.15) is 44.0 Å². The van der Waals surface area contributed by atoms with Gasteiger partial charge in [-0.1, -0.05) is 17.7 Å². The lowest BCUT2D eigenvalue weighted by molar-refractivity contribution is -0.122. The summed E-state index contributed by atoms with van der Waals surface area (Å²) in [5.41, 5.74) is 2.48. The number of carbonyl (C=O) groups is 2. The van der Waals surface area contributed by atoms with Gasteiger partial charge >= 0.3 is 0 Å². The molecule has 2 amide bonds. The van der Waals surface area contributed by atoms with E-state index in [0.29, 0.717) is 17.1 Å². The lowest BCUT2D eigenvalue weighted by Gasteiger charge is -2.24. The van der Waals surface area contributed by atoms with E-state index in [-0.39, 0.29) is 36.3 Å². The molecule has 160 valence electrons. The minimum absolute atomic E-state index is 0.101. The van der Waals surface area contributed by atoms with Gasteiger partial charge in [0.2, 0.25) is 11.8 Å². The summed E-state index contributed by atoms with van der Waals surface area (Å²) >= 11 is 0. The van der Waals surface area contributed by atoms with Gasteiger partial charge < -0.3 is 10.2 Å². The Hall–Kier alpha value is -2.68. The van der Waals surface area contributed by atoms with Crippen LogP contribution in [0.3, 0.4) is 0 Å². The maximum atomic E-state index is 13.0. The summed E-state index contributed by atoms with van der Waals surface area (Å²) in [6, 6.07) is 7.61. The number of rotatable bonds is 3. The van der Waals surface area contributed by atoms with Crippen molar-refractivity contribution in [3.05, 3.63) is 41.1 Å². The third-order valence-electron chi connectivity index (χ3n) is 5.51. The van der Waals surface area contributed by atoms with Crippen molar-refractivity contribution in [2.75, 3.05) is 16.8 Å². The Morgan fingerprint density at radius 3 is 2.47 bits per heavy atom. The van der Waals surface area contributed by atoms with Crippen LogP contribution in [-0.2, 0) is 36.5 Å². The lowest BCUT2D eigenvalue weighted by atomic mass is 10.1. The normalized spacial score (nSPS) is 20.5. The first-order chi connectivity index (χ1) is 13.9. The zero-order valence-electron chi connectivity index (χ0n) is 17.6. The largest absolute Gasteiger partial charge is 0.312 e. The van der Waals surface area contributed by atoms with Gasteiger partial charge in [0.15, 0.2) is 9.84 Å². The molecule has 0 saturated carbocycles. The second-order valence-electron chi connectivity index (χ2n) is 9.12. The highest BCUT2D eigenvalue weighted by Gasteiger charge is 2.39. The molecule has 1 aromatic heterocycles. The smallest absolute Gasteiger partial charge is 0.230 e. The summed E-state index contributed by atoms with van der Waals surface area (Å²) in [6.07, 6.45) is 0.115. The van der Waals surface area contributed by atoms with E-state index in [2.05, 4.69) is 10.4 Å². The molecule has 0 bridgehead atoms. The molecule has 4 rings (SSSR count). The first kappa shape index (κ1) is 20.6. The van der Waals surface area contributed by atoms with Crippen molar-refractivity contribution in [1.82, 2.24) is 9.78 Å². The van der Waals surface area contributed by atoms with E-state index >= 15 is 0 Å². The van der Waals surface area contributed by atoms with Gasteiger partial charge in [-0.15, -0.1) is 0 Å². The topological polar surface area (TPSA) is 101 Å². The van der Waals surface area contributed by atoms with Crippen molar-refractivity contribution in [2.24, 2.45) is 5.92 Å². The molecule has 1 aromatic carbocycles. The molecule has 30 heavy (non-hydrogen) atoms. The molecule has 1 atom stereocenters. The van der Waals surface area contributed by atoms with Crippen molar-refractivity contribution >= 4 is 33.2 Å². The highest BCUT2D eigenvalue weighted by molar-refractivity contribution is 7.90. The Kier molecular flexibility index (Phi) is 4.76. The molecule has 1 saturated heterocycles. The SMILES string of the molecule is Cc1ccc(N2C[C@@H](C(=O)Nc3c4c(nn3C(C)(C)C)CS(=O)(=O)C4)CC2=O)cc1. The maximum Gasteiger partial charge on any atom is 0.230 e. The number of nitrogens with zero attached hydrogens (tertiary/aromatic N) is 3. The molecule has 3 heterocycles. The number of benzene rings is 1. The second-order valence-corrected chi connectivity index (χ2v) is 11.2. The predicted octanol–water partition coefficient (Wildman–Crippen LogP) is 2.37. The third-order valence-corrected chi connectivity index (χ3v) is 6.95. The number of amides is 2. The number of sulfone groups is 1. The van der Waals surface area contributed by atoms with E-state index in [9.17, 15) is 18.0 Å². The number of aryl methyl sites for hydroxylation is 1. The van der Waals surface area contributed by atoms with Crippen LogP contribution in [0.15, 0.2) is 24.3 Å². The molecule has 2 aromatic rings. The first-order valence-electron chi connectivity index (χ1n) is 9.94. The van der Waals surface area contributed by atoms with E-state index in [4.69, 9.17) is 0 Å². The fourth-order valence-corrected chi connectivity index (χ4v) is 5.43. The average molecular weight is 431 g/mol. The van der Waals surface area contributed by atoms with Crippen LogP contribution in [0.25, 0.3) is 0 Å². The number of carbonyl (C=O) groups excluding carboxylic acids is 2. The van der Waals surface area contributed by atoms with Crippen LogP contribution in [0.2, 0.25) is 0 Å². The summed E-state index contributed by atoms with van der Waals surface area (Å²) in [7, 11) is -3.25. The zero-order valence-corrected chi connectivity index (χ0v) is 18.4. The quantitative estimate of drug-likeness (QED) is 0.806. The summed E-state index contributed by atoms with van der Waals surface area (Å²) in [5.74, 6) is -0.739. The molecule has 8 nitrogen and oxygen atoms in total. The highest BCUT2D eigenvalue weighted by atomic mass is 32.2. The third kappa shape index (κ3) is 3.74. The fraction of sp³-hybridized carbons (Fsp3) is 0.476. The Balaban J connectivity index is 1.58. The number of nitrogens with one attached hydrogen (secondary N) is 1. The van der Waals surface area contributed by atoms with Crippen molar-refractivity contribution in [3.8, 4) is 0 Å². The van der Waals surface area contributed by atoms with Crippen LogP contribution in [0, 0.1) is 12.8 Å². The number of aromatic nitrogens is 2. The first-order valence-corrected chi connectivity index (χ1v) is 11.8. The van der Waals surface area contributed by atoms with Crippen LogP contribution in [0.4, 0.5) is 11.5 Å². The molecule has 0 aliphatic carbocycles. The molecule has 0 spiro atoms. The monoisotopic (exact) mass is 430 g/mol. The van der Waals surface area contributed by atoms with E-state index in [1.165, 1.54) is 0 Å². The van der Waals surface area contributed by atoms with Crippen LogP contribution < -0.4 is 10.2 Å². The minimum Gasteiger partial charge on any atom is -0.312 e. The van der Waals surface area contributed by atoms with E-state index in [1.54, 1.807) is 9.58 Å². The number of fused-ring (bicyclic) bond motifs is 1. The summed E-state index contributed by atoms with van der Waals surface area (Å²) in [4.78, 5) is 27.2. The van der Waals surface area contributed by atoms with Gasteiger partial charge in [0.05, 0.1) is 28.7 Å². The average Bonchev–Trinajstić information content (AvgIpc) is 3.26. The van der Waals surface area contributed by atoms with Gasteiger partial charge in [-0.05, 0) is 39.8 Å². The Bertz CT molecular complexity index is 1130. The second kappa shape index (κ2) is 6.94. The summed E-state index contributed by atoms with van der Waals surface area (Å²) < 4.78 is 25.8. The van der Waals surface area contributed by atoms with Gasteiger partial charge in [-0.2, -0.15) is 5.10 Å². The van der Waals surface area contributed by atoms with Crippen LogP contribution in [0.5, 0.6) is 0 Å². The van der Waals surface area contributed by atoms with Gasteiger partial charge in [-0.3, -0.25) is 9.59 Å². The van der Waals surface area contributed by atoms with E-state index < -0.39 is 21.3 Å². The van der Waals surface area contributed by atoms with Crippen molar-refractivity contribution < 1.29 is 18.0 Å². The summed E-state index contributed by atoms with van der Waals surface area (Å²) in [5, 5.41) is 7.37. The van der Waals surface area contributed by atoms with E-state index in [0.717, 1.165) is 11.3 Å². The Morgan fingerprint density at radius 1 is 1.17 bits per heavy atom. The molecule has 1 N–H and O–H groups in total. The standard InChI is InChI=1S/C21H26N4O4S/c1-13-5-7-15(8-6-13)24-10-14(9-18(24)26)20(27)22-19-16-11-30(28,29)12-17(16)23-25(19)21(2,3)4/h5-8,14H,9-12H2,1-4H3,(H,22,27)/t14-/m0/s1. The molecular weight excluding hydrogens is 404 g/mol. The Morgan fingerprint density at radius 2 is 1.83 bits per heavy atom. The van der Waals surface area contributed by atoms with Gasteiger partial charge in [-0.25, -0.2) is 13.1 Å². The summed E-state index contributed by atoms with van der Waals surface area (Å²) in [6.45, 7) is 8.09. The van der Waals surface area contributed by atoms with Crippen molar-refractivity contribution in [3.63, 3.8) is 0 Å². The zero-order chi connectivity index (χ0) is 21.8. The minimum atomic E-state index is -3.25. The fourth-order valence-electron chi connectivity index (χ4n) is 3.93. The molecule has 0 unspecified atom stereocenters. The molecule has 1 fully saturated rings. The number of hydrogen-bond acceptors (Lipinski definition) is 5. The Labute approximate surface area is 176 Å². The molecule has 0 radical (unpaired) electrons. The van der Waals surface area contributed by atoms with Gasteiger partial charge in [0, 0.05) is 24.2 Å².